The number of aryl methyl sites for hydroxylation is 1. The quantitative estimate of drug-likeness (QED) is 0.151. The number of rotatable bonds is 6. The Morgan fingerprint density at radius 3 is 1.53 bits per heavy atom. The Bertz CT molecular complexity index is 3740. The van der Waals surface area contributed by atoms with Crippen LogP contribution in [0.1, 0.15) is 46.2 Å². The molecular formula is C67H47N. The summed E-state index contributed by atoms with van der Waals surface area (Å²) in [6.45, 7) is 0. The molecule has 1 nitrogen and oxygen atoms in total. The lowest BCUT2D eigenvalue weighted by Gasteiger charge is -2.33. The van der Waals surface area contributed by atoms with E-state index in [-0.39, 0.29) is 0 Å². The van der Waals surface area contributed by atoms with Crippen LogP contribution in [0.2, 0.25) is 0 Å². The Morgan fingerprint density at radius 2 is 0.824 bits per heavy atom. The van der Waals surface area contributed by atoms with Gasteiger partial charge >= 0.3 is 0 Å². The van der Waals surface area contributed by atoms with Crippen molar-refractivity contribution in [3.8, 4) is 55.6 Å². The SMILES string of the molecule is c1ccc(N(c2ccc(-c3cc4ccccc4c4ccccc34)cc2)c2cc3c(cc2-c2ccc(-c4cccc5c4CCCC5)cc2)-c2ccccc2C32c3ccccc3-c3ccccc32)cc1. The molecule has 0 bridgehead atoms. The summed E-state index contributed by atoms with van der Waals surface area (Å²) < 4.78 is 0. The number of benzene rings is 11. The molecule has 0 unspecified atom stereocenters. The molecule has 0 saturated carbocycles. The van der Waals surface area contributed by atoms with Crippen LogP contribution in [0.5, 0.6) is 0 Å². The molecule has 0 aliphatic heterocycles. The highest BCUT2D eigenvalue weighted by Crippen LogP contribution is 2.64. The van der Waals surface area contributed by atoms with Gasteiger partial charge in [0.2, 0.25) is 0 Å². The first-order chi connectivity index (χ1) is 33.7. The summed E-state index contributed by atoms with van der Waals surface area (Å²) in [5.74, 6) is 0. The zero-order chi connectivity index (χ0) is 44.8. The topological polar surface area (TPSA) is 3.24 Å². The van der Waals surface area contributed by atoms with Crippen LogP contribution in [0, 0.1) is 0 Å². The smallest absolute Gasteiger partial charge is 0.0726 e. The highest BCUT2D eigenvalue weighted by Gasteiger charge is 2.52. The van der Waals surface area contributed by atoms with Gasteiger partial charge in [0.15, 0.2) is 0 Å². The van der Waals surface area contributed by atoms with Crippen molar-refractivity contribution in [3.05, 3.63) is 270 Å². The molecule has 11 aromatic carbocycles. The van der Waals surface area contributed by atoms with Crippen molar-refractivity contribution in [2.24, 2.45) is 0 Å². The van der Waals surface area contributed by atoms with Crippen molar-refractivity contribution in [1.82, 2.24) is 0 Å². The fourth-order valence-corrected chi connectivity index (χ4v) is 12.5. The summed E-state index contributed by atoms with van der Waals surface area (Å²) in [4.78, 5) is 2.50. The predicted octanol–water partition coefficient (Wildman–Crippen LogP) is 17.7. The van der Waals surface area contributed by atoms with Crippen molar-refractivity contribution in [1.29, 1.82) is 0 Å². The second kappa shape index (κ2) is 15.4. The highest BCUT2D eigenvalue weighted by molar-refractivity contribution is 6.14. The normalized spacial score (nSPS) is 13.8. The minimum atomic E-state index is -0.480. The van der Waals surface area contributed by atoms with Gasteiger partial charge in [-0.05, 0) is 173 Å². The summed E-state index contributed by atoms with van der Waals surface area (Å²) in [5.41, 5.74) is 24.0. The number of nitrogens with zero attached hydrogens (tertiary/aromatic N) is 1. The molecule has 11 aromatic rings. The van der Waals surface area contributed by atoms with E-state index in [1.165, 1.54) is 130 Å². The van der Waals surface area contributed by atoms with Crippen molar-refractivity contribution < 1.29 is 0 Å². The molecule has 0 heterocycles. The van der Waals surface area contributed by atoms with Crippen LogP contribution >= 0.6 is 0 Å². The van der Waals surface area contributed by atoms with Crippen molar-refractivity contribution in [2.45, 2.75) is 31.1 Å². The lowest BCUT2D eigenvalue weighted by Crippen LogP contribution is -2.26. The van der Waals surface area contributed by atoms with Gasteiger partial charge in [-0.2, -0.15) is 0 Å². The van der Waals surface area contributed by atoms with Crippen LogP contribution in [-0.2, 0) is 18.3 Å². The largest absolute Gasteiger partial charge is 0.310 e. The van der Waals surface area contributed by atoms with Gasteiger partial charge in [-0.15, -0.1) is 0 Å². The van der Waals surface area contributed by atoms with E-state index < -0.39 is 5.41 Å². The molecule has 14 rings (SSSR count). The maximum Gasteiger partial charge on any atom is 0.0726 e. The molecule has 320 valence electrons. The highest BCUT2D eigenvalue weighted by atomic mass is 15.1. The zero-order valence-corrected chi connectivity index (χ0v) is 37.8. The fraction of sp³-hybridized carbons (Fsp3) is 0.0746. The minimum Gasteiger partial charge on any atom is -0.310 e. The van der Waals surface area contributed by atoms with E-state index in [1.54, 1.807) is 0 Å². The molecule has 0 radical (unpaired) electrons. The van der Waals surface area contributed by atoms with Crippen molar-refractivity contribution in [3.63, 3.8) is 0 Å². The molecule has 0 aromatic heterocycles. The van der Waals surface area contributed by atoms with Gasteiger partial charge in [-0.3, -0.25) is 0 Å². The number of anilines is 3. The number of hydrogen-bond donors (Lipinski definition) is 0. The molecule has 1 heteroatoms. The minimum absolute atomic E-state index is 0.480. The van der Waals surface area contributed by atoms with E-state index in [1.807, 2.05) is 0 Å². The third-order valence-corrected chi connectivity index (χ3v) is 15.5. The Morgan fingerprint density at radius 1 is 0.309 bits per heavy atom. The van der Waals surface area contributed by atoms with Gasteiger partial charge in [0.25, 0.3) is 0 Å². The Kier molecular flexibility index (Phi) is 8.83. The maximum absolute atomic E-state index is 2.56. The standard InChI is InChI=1S/C67H47N/c1-2-20-49(21-3-1)68(50-39-37-46(38-40-50)59-41-48-18-5-7-23-53(48)54-24-8-9-25-55(54)59)66-43-65-61(42-60(66)47-35-33-45(34-36-47)52-29-16-19-44-17-4-6-22-51(44)52)58-28-12-15-32-64(58)67(65)62-30-13-10-26-56(62)57-27-11-14-31-63(57)67/h1-3,5,7-16,18-21,23-43H,4,6,17,22H2. The number of hydrogen-bond acceptors (Lipinski definition) is 1. The molecule has 0 atom stereocenters. The maximum atomic E-state index is 2.56. The predicted molar refractivity (Wildman–Crippen MR) is 285 cm³/mol. The van der Waals surface area contributed by atoms with Crippen LogP contribution in [0.15, 0.2) is 237 Å². The third-order valence-electron chi connectivity index (χ3n) is 15.5. The van der Waals surface area contributed by atoms with Crippen molar-refractivity contribution >= 4 is 38.6 Å². The molecule has 1 spiro atoms. The van der Waals surface area contributed by atoms with Gasteiger partial charge in [-0.25, -0.2) is 0 Å². The van der Waals surface area contributed by atoms with Crippen LogP contribution in [-0.4, -0.2) is 0 Å². The Balaban J connectivity index is 1.01. The van der Waals surface area contributed by atoms with Gasteiger partial charge in [0.1, 0.15) is 0 Å². The monoisotopic (exact) mass is 865 g/mol. The van der Waals surface area contributed by atoms with Crippen LogP contribution in [0.4, 0.5) is 17.1 Å². The first kappa shape index (κ1) is 39.0. The average Bonchev–Trinajstić information content (AvgIpc) is 3.88. The molecule has 68 heavy (non-hydrogen) atoms. The molecular weight excluding hydrogens is 819 g/mol. The van der Waals surface area contributed by atoms with Crippen LogP contribution < -0.4 is 4.90 Å². The second-order valence-electron chi connectivity index (χ2n) is 18.9. The Hall–Kier alpha value is -8.26. The number of fused-ring (bicyclic) bond motifs is 14. The summed E-state index contributed by atoms with van der Waals surface area (Å²) in [6.07, 6.45) is 4.86. The van der Waals surface area contributed by atoms with Crippen LogP contribution in [0.3, 0.4) is 0 Å². The molecule has 0 N–H and O–H groups in total. The van der Waals surface area contributed by atoms with E-state index >= 15 is 0 Å². The van der Waals surface area contributed by atoms with Gasteiger partial charge in [0, 0.05) is 16.9 Å². The van der Waals surface area contributed by atoms with Gasteiger partial charge in [0.05, 0.1) is 11.1 Å². The van der Waals surface area contributed by atoms with E-state index in [4.69, 9.17) is 0 Å². The summed E-state index contributed by atoms with van der Waals surface area (Å²) in [5, 5.41) is 5.08. The first-order valence-electron chi connectivity index (χ1n) is 24.3. The molecule has 3 aliphatic carbocycles. The third kappa shape index (κ3) is 5.75. The van der Waals surface area contributed by atoms with Gasteiger partial charge < -0.3 is 4.90 Å². The Labute approximate surface area is 398 Å². The summed E-state index contributed by atoms with van der Waals surface area (Å²) >= 11 is 0. The molecule has 3 aliphatic rings. The fourth-order valence-electron chi connectivity index (χ4n) is 12.5. The van der Waals surface area contributed by atoms with Crippen LogP contribution in [0.25, 0.3) is 77.2 Å². The molecule has 0 amide bonds. The lowest BCUT2D eigenvalue weighted by atomic mass is 9.70. The first-order valence-corrected chi connectivity index (χ1v) is 24.3. The number of para-hydroxylation sites is 1. The average molecular weight is 866 g/mol. The van der Waals surface area contributed by atoms with E-state index in [0.29, 0.717) is 0 Å². The van der Waals surface area contributed by atoms with E-state index in [2.05, 4.69) is 241 Å². The molecule has 0 fully saturated rings. The van der Waals surface area contributed by atoms with Crippen molar-refractivity contribution in [2.75, 3.05) is 4.90 Å². The van der Waals surface area contributed by atoms with E-state index in [0.717, 1.165) is 23.5 Å². The summed E-state index contributed by atoms with van der Waals surface area (Å²) in [7, 11) is 0. The zero-order valence-electron chi connectivity index (χ0n) is 37.8. The lowest BCUT2D eigenvalue weighted by molar-refractivity contribution is 0.687. The summed E-state index contributed by atoms with van der Waals surface area (Å²) in [6, 6.07) is 89.1. The van der Waals surface area contributed by atoms with E-state index in [9.17, 15) is 0 Å². The molecule has 0 saturated heterocycles. The second-order valence-corrected chi connectivity index (χ2v) is 18.9. The van der Waals surface area contributed by atoms with Gasteiger partial charge in [-0.1, -0.05) is 194 Å².